The number of nitrogens with two attached hydrogens (primary N) is 1. The first-order valence-corrected chi connectivity index (χ1v) is 5.91. The molecular formula is C12H20N4O. The van der Waals surface area contributed by atoms with Crippen LogP contribution < -0.4 is 10.6 Å². The van der Waals surface area contributed by atoms with Gasteiger partial charge in [-0.15, -0.1) is 0 Å². The summed E-state index contributed by atoms with van der Waals surface area (Å²) in [6, 6.07) is -0.296. The summed E-state index contributed by atoms with van der Waals surface area (Å²) in [4.78, 5) is 13.3. The maximum absolute atomic E-state index is 11.6. The van der Waals surface area contributed by atoms with Crippen LogP contribution in [0, 0.1) is 5.41 Å². The van der Waals surface area contributed by atoms with Crippen molar-refractivity contribution in [3.63, 3.8) is 0 Å². The first kappa shape index (κ1) is 12.1. The fraction of sp³-hybridized carbons (Fsp3) is 0.667. The number of hydrogen-bond donors (Lipinski definition) is 1. The van der Waals surface area contributed by atoms with E-state index in [0.29, 0.717) is 0 Å². The lowest BCUT2D eigenvalue weighted by Gasteiger charge is -2.42. The molecule has 1 aromatic heterocycles. The fourth-order valence-electron chi connectivity index (χ4n) is 2.06. The maximum Gasteiger partial charge on any atom is 0.246 e. The van der Waals surface area contributed by atoms with Gasteiger partial charge in [-0.1, -0.05) is 20.8 Å². The van der Waals surface area contributed by atoms with Crippen LogP contribution in [0.5, 0.6) is 0 Å². The molecule has 2 N–H and O–H groups in total. The lowest BCUT2D eigenvalue weighted by molar-refractivity contribution is -0.125. The predicted octanol–water partition coefficient (Wildman–Crippen LogP) is 0.992. The molecule has 0 bridgehead atoms. The van der Waals surface area contributed by atoms with Crippen molar-refractivity contribution in [2.75, 3.05) is 4.90 Å². The number of rotatable bonds is 2. The minimum absolute atomic E-state index is 0.0205. The highest BCUT2D eigenvalue weighted by Gasteiger charge is 2.43. The molecule has 1 aromatic rings. The van der Waals surface area contributed by atoms with Gasteiger partial charge in [0.05, 0.1) is 17.9 Å². The van der Waals surface area contributed by atoms with Gasteiger partial charge in [-0.2, -0.15) is 5.10 Å². The number of nitrogens with zero attached hydrogens (tertiary/aromatic N) is 3. The molecule has 1 fully saturated rings. The summed E-state index contributed by atoms with van der Waals surface area (Å²) in [5, 5.41) is 4.28. The van der Waals surface area contributed by atoms with Crippen molar-refractivity contribution in [2.45, 2.75) is 46.3 Å². The van der Waals surface area contributed by atoms with Gasteiger partial charge >= 0.3 is 0 Å². The molecule has 94 valence electrons. The molecular weight excluding hydrogens is 216 g/mol. The van der Waals surface area contributed by atoms with Crippen LogP contribution in [0.1, 0.15) is 27.7 Å². The summed E-state index contributed by atoms with van der Waals surface area (Å²) in [5.41, 5.74) is 6.70. The minimum atomic E-state index is -0.360. The molecule has 5 nitrogen and oxygen atoms in total. The van der Waals surface area contributed by atoms with Crippen LogP contribution in [0.15, 0.2) is 12.4 Å². The van der Waals surface area contributed by atoms with Crippen molar-refractivity contribution >= 4 is 11.6 Å². The quantitative estimate of drug-likeness (QED) is 0.779. The van der Waals surface area contributed by atoms with Gasteiger partial charge in [-0.05, 0) is 12.3 Å². The molecule has 1 aliphatic rings. The maximum atomic E-state index is 11.6. The van der Waals surface area contributed by atoms with Crippen LogP contribution in [-0.4, -0.2) is 27.8 Å². The second kappa shape index (κ2) is 3.84. The Bertz CT molecular complexity index is 432. The molecule has 5 heteroatoms. The zero-order valence-corrected chi connectivity index (χ0v) is 10.8. The Balaban J connectivity index is 2.12. The number of amides is 1. The first-order chi connectivity index (χ1) is 7.79. The lowest BCUT2D eigenvalue weighted by atomic mass is 9.97. The van der Waals surface area contributed by atoms with Crippen LogP contribution in [-0.2, 0) is 11.3 Å². The summed E-state index contributed by atoms with van der Waals surface area (Å²) in [6.45, 7) is 9.24. The molecule has 0 saturated carbocycles. The normalized spacial score (nSPS) is 25.0. The first-order valence-electron chi connectivity index (χ1n) is 5.91. The number of β-lactam (4-membered cyclic amide) rings is 1. The van der Waals surface area contributed by atoms with E-state index in [4.69, 9.17) is 5.73 Å². The Morgan fingerprint density at radius 2 is 2.12 bits per heavy atom. The standard InChI is InChI=1S/C12H20N4O/c1-8-10(13)11(17)16(8)9-5-14-15(6-9)7-12(2,3)4/h5-6,8,10H,7,13H2,1-4H3/t8-,10-/m1/s1. The monoisotopic (exact) mass is 236 g/mol. The third-order valence-corrected chi connectivity index (χ3v) is 2.98. The average Bonchev–Trinajstić information content (AvgIpc) is 2.63. The van der Waals surface area contributed by atoms with Gasteiger partial charge in [-0.25, -0.2) is 0 Å². The number of aromatic nitrogens is 2. The highest BCUT2D eigenvalue weighted by Crippen LogP contribution is 2.27. The molecule has 0 radical (unpaired) electrons. The second-order valence-electron chi connectivity index (χ2n) is 5.93. The molecule has 2 rings (SSSR count). The van der Waals surface area contributed by atoms with Gasteiger partial charge in [-0.3, -0.25) is 9.48 Å². The number of carbonyl (C=O) groups excluding carboxylic acids is 1. The van der Waals surface area contributed by atoms with E-state index in [1.165, 1.54) is 0 Å². The average molecular weight is 236 g/mol. The van der Waals surface area contributed by atoms with Gasteiger partial charge in [0, 0.05) is 12.7 Å². The minimum Gasteiger partial charge on any atom is -0.318 e. The van der Waals surface area contributed by atoms with Gasteiger partial charge in [0.25, 0.3) is 0 Å². The Morgan fingerprint density at radius 3 is 2.65 bits per heavy atom. The van der Waals surface area contributed by atoms with Gasteiger partial charge < -0.3 is 10.6 Å². The van der Waals surface area contributed by atoms with Gasteiger partial charge in [0.1, 0.15) is 6.04 Å². The summed E-state index contributed by atoms with van der Waals surface area (Å²) in [5.74, 6) is -0.0205. The van der Waals surface area contributed by atoms with Crippen LogP contribution in [0.3, 0.4) is 0 Å². The van der Waals surface area contributed by atoms with E-state index < -0.39 is 0 Å². The molecule has 0 aromatic carbocycles. The van der Waals surface area contributed by atoms with Gasteiger partial charge in [0.15, 0.2) is 0 Å². The largest absolute Gasteiger partial charge is 0.318 e. The summed E-state index contributed by atoms with van der Waals surface area (Å²) < 4.78 is 1.87. The van der Waals surface area contributed by atoms with Crippen LogP contribution >= 0.6 is 0 Å². The SMILES string of the molecule is C[C@@H]1[C@@H](N)C(=O)N1c1cnn(CC(C)(C)C)c1. The molecule has 0 unspecified atom stereocenters. The highest BCUT2D eigenvalue weighted by atomic mass is 16.2. The van der Waals surface area contributed by atoms with E-state index in [2.05, 4.69) is 25.9 Å². The van der Waals surface area contributed by atoms with Crippen molar-refractivity contribution in [3.05, 3.63) is 12.4 Å². The summed E-state index contributed by atoms with van der Waals surface area (Å²) >= 11 is 0. The van der Waals surface area contributed by atoms with E-state index in [1.807, 2.05) is 17.8 Å². The number of carbonyl (C=O) groups is 1. The van der Waals surface area contributed by atoms with Crippen molar-refractivity contribution in [3.8, 4) is 0 Å². The third-order valence-electron chi connectivity index (χ3n) is 2.98. The predicted molar refractivity (Wildman–Crippen MR) is 66.6 cm³/mol. The van der Waals surface area contributed by atoms with E-state index in [-0.39, 0.29) is 23.4 Å². The molecule has 2 atom stereocenters. The van der Waals surface area contributed by atoms with Crippen molar-refractivity contribution in [1.29, 1.82) is 0 Å². The molecule has 1 saturated heterocycles. The molecule has 17 heavy (non-hydrogen) atoms. The third kappa shape index (κ3) is 2.20. The van der Waals surface area contributed by atoms with Crippen molar-refractivity contribution in [2.24, 2.45) is 11.1 Å². The zero-order chi connectivity index (χ0) is 12.8. The Morgan fingerprint density at radius 1 is 1.47 bits per heavy atom. The lowest BCUT2D eigenvalue weighted by Crippen LogP contribution is -2.67. The zero-order valence-electron chi connectivity index (χ0n) is 10.8. The van der Waals surface area contributed by atoms with Crippen LogP contribution in [0.25, 0.3) is 0 Å². The Labute approximate surface area is 102 Å². The highest BCUT2D eigenvalue weighted by molar-refractivity contribution is 6.05. The molecule has 2 heterocycles. The Hall–Kier alpha value is -1.36. The van der Waals surface area contributed by atoms with Gasteiger partial charge in [0.2, 0.25) is 5.91 Å². The van der Waals surface area contributed by atoms with E-state index in [0.717, 1.165) is 12.2 Å². The van der Waals surface area contributed by atoms with E-state index >= 15 is 0 Å². The molecule has 1 amide bonds. The molecule has 0 spiro atoms. The van der Waals surface area contributed by atoms with E-state index in [9.17, 15) is 4.79 Å². The topological polar surface area (TPSA) is 64.2 Å². The molecule has 0 aliphatic carbocycles. The summed E-state index contributed by atoms with van der Waals surface area (Å²) in [6.07, 6.45) is 3.64. The van der Waals surface area contributed by atoms with Crippen molar-refractivity contribution in [1.82, 2.24) is 9.78 Å². The van der Waals surface area contributed by atoms with Crippen LogP contribution in [0.2, 0.25) is 0 Å². The van der Waals surface area contributed by atoms with E-state index in [1.54, 1.807) is 11.1 Å². The van der Waals surface area contributed by atoms with Crippen LogP contribution in [0.4, 0.5) is 5.69 Å². The smallest absolute Gasteiger partial charge is 0.246 e. The molecule has 1 aliphatic heterocycles. The Kier molecular flexibility index (Phi) is 2.73. The number of hydrogen-bond acceptors (Lipinski definition) is 3. The summed E-state index contributed by atoms with van der Waals surface area (Å²) in [7, 11) is 0. The van der Waals surface area contributed by atoms with Crippen molar-refractivity contribution < 1.29 is 4.79 Å². The second-order valence-corrected chi connectivity index (χ2v) is 5.93. The number of anilines is 1. The fourth-order valence-corrected chi connectivity index (χ4v) is 2.06.